The van der Waals surface area contributed by atoms with E-state index in [2.05, 4.69) is 91.0 Å². The second-order valence-corrected chi connectivity index (χ2v) is 13.3. The molecule has 0 aliphatic heterocycles. The van der Waals surface area contributed by atoms with Crippen LogP contribution in [0.1, 0.15) is 0 Å². The molecule has 54 heavy (non-hydrogen) atoms. The minimum Gasteiger partial charge on any atom is -0.228 e. The standard InChI is InChI=1S/C49H31N5/c1-4-15-32(16-5-1)46-50-44(31-45(51-46)49-53-47(33-17-6-2-7-18-33)52-48(54-49)34-19-8-3-9-20-34)37-22-14-21-35(29-37)36-27-28-42-40-25-11-10-23-38(40)39-24-12-13-26-41(39)43(42)30-36/h1-31H. The summed E-state index contributed by atoms with van der Waals surface area (Å²) in [5, 5.41) is 7.53. The number of nitrogens with zero attached hydrogens (tertiary/aromatic N) is 5. The number of rotatable bonds is 6. The summed E-state index contributed by atoms with van der Waals surface area (Å²) in [6.07, 6.45) is 0. The van der Waals surface area contributed by atoms with Crippen LogP contribution in [-0.4, -0.2) is 24.9 Å². The molecule has 0 spiro atoms. The van der Waals surface area contributed by atoms with Gasteiger partial charge in [-0.15, -0.1) is 0 Å². The Morgan fingerprint density at radius 1 is 0.204 bits per heavy atom. The normalized spacial score (nSPS) is 11.3. The van der Waals surface area contributed by atoms with Crippen molar-refractivity contribution in [2.45, 2.75) is 0 Å². The molecule has 0 N–H and O–H groups in total. The summed E-state index contributed by atoms with van der Waals surface area (Å²) in [7, 11) is 0. The second kappa shape index (κ2) is 13.3. The van der Waals surface area contributed by atoms with E-state index >= 15 is 0 Å². The fourth-order valence-electron chi connectivity index (χ4n) is 7.29. The van der Waals surface area contributed by atoms with Gasteiger partial charge < -0.3 is 0 Å². The van der Waals surface area contributed by atoms with Crippen LogP contribution in [0.2, 0.25) is 0 Å². The number of hydrogen-bond donors (Lipinski definition) is 0. The summed E-state index contributed by atoms with van der Waals surface area (Å²) in [5.41, 5.74) is 7.32. The van der Waals surface area contributed by atoms with Gasteiger partial charge in [0.15, 0.2) is 23.3 Å². The Labute approximate surface area is 312 Å². The van der Waals surface area contributed by atoms with E-state index in [0.29, 0.717) is 29.0 Å². The van der Waals surface area contributed by atoms with E-state index < -0.39 is 0 Å². The first-order chi connectivity index (χ1) is 26.7. The average molecular weight is 690 g/mol. The van der Waals surface area contributed by atoms with E-state index in [4.69, 9.17) is 24.9 Å². The van der Waals surface area contributed by atoms with Crippen molar-refractivity contribution < 1.29 is 0 Å². The van der Waals surface area contributed by atoms with Crippen molar-refractivity contribution in [1.29, 1.82) is 0 Å². The Morgan fingerprint density at radius 3 is 1.15 bits per heavy atom. The molecule has 0 bridgehead atoms. The predicted molar refractivity (Wildman–Crippen MR) is 221 cm³/mol. The Balaban J connectivity index is 1.14. The smallest absolute Gasteiger partial charge is 0.182 e. The summed E-state index contributed by atoms with van der Waals surface area (Å²) in [6, 6.07) is 64.8. The lowest BCUT2D eigenvalue weighted by molar-refractivity contribution is 1.05. The zero-order valence-electron chi connectivity index (χ0n) is 29.1. The Hall–Kier alpha value is -7.37. The van der Waals surface area contributed by atoms with Crippen LogP contribution in [0.15, 0.2) is 188 Å². The molecule has 0 saturated heterocycles. The highest BCUT2D eigenvalue weighted by Crippen LogP contribution is 2.38. The number of benzene rings is 8. The summed E-state index contributed by atoms with van der Waals surface area (Å²) in [6.45, 7) is 0. The zero-order valence-corrected chi connectivity index (χ0v) is 29.1. The van der Waals surface area contributed by atoms with E-state index in [-0.39, 0.29) is 0 Å². The molecule has 5 heteroatoms. The van der Waals surface area contributed by atoms with Gasteiger partial charge in [-0.1, -0.05) is 170 Å². The molecule has 0 unspecified atom stereocenters. The summed E-state index contributed by atoms with van der Waals surface area (Å²) in [5.74, 6) is 2.24. The molecule has 0 aliphatic rings. The van der Waals surface area contributed by atoms with E-state index in [1.807, 2.05) is 97.1 Å². The zero-order chi connectivity index (χ0) is 35.8. The van der Waals surface area contributed by atoms with Crippen LogP contribution in [0.3, 0.4) is 0 Å². The molecule has 8 aromatic carbocycles. The van der Waals surface area contributed by atoms with Gasteiger partial charge in [-0.2, -0.15) is 0 Å². The highest BCUT2D eigenvalue weighted by atomic mass is 15.1. The summed E-state index contributed by atoms with van der Waals surface area (Å²) in [4.78, 5) is 25.1. The third kappa shape index (κ3) is 5.74. The van der Waals surface area contributed by atoms with Crippen LogP contribution in [0.5, 0.6) is 0 Å². The number of fused-ring (bicyclic) bond motifs is 6. The highest BCUT2D eigenvalue weighted by molar-refractivity contribution is 6.25. The van der Waals surface area contributed by atoms with Gasteiger partial charge in [-0.05, 0) is 61.6 Å². The van der Waals surface area contributed by atoms with Gasteiger partial charge in [0.05, 0.1) is 5.69 Å². The molecule has 0 fully saturated rings. The summed E-state index contributed by atoms with van der Waals surface area (Å²) >= 11 is 0. The lowest BCUT2D eigenvalue weighted by Gasteiger charge is -2.13. The number of aromatic nitrogens is 5. The van der Waals surface area contributed by atoms with Gasteiger partial charge in [0, 0.05) is 22.3 Å². The minimum absolute atomic E-state index is 0.480. The Bertz CT molecular complexity index is 2890. The maximum atomic E-state index is 5.14. The molecule has 10 rings (SSSR count). The Kier molecular flexibility index (Phi) is 7.73. The molecule has 0 saturated carbocycles. The third-order valence-electron chi connectivity index (χ3n) is 9.92. The molecule has 2 aromatic heterocycles. The maximum absolute atomic E-state index is 5.14. The molecule has 5 nitrogen and oxygen atoms in total. The predicted octanol–water partition coefficient (Wildman–Crippen LogP) is 12.1. The SMILES string of the molecule is c1ccc(-c2nc(-c3cccc(-c4ccc5c6ccccc6c6ccccc6c5c4)c3)cc(-c3nc(-c4ccccc4)nc(-c4ccccc4)n3)n2)cc1. The van der Waals surface area contributed by atoms with Crippen LogP contribution in [0.25, 0.3) is 100 Å². The molecule has 252 valence electrons. The molecule has 0 atom stereocenters. The fourth-order valence-corrected chi connectivity index (χ4v) is 7.29. The van der Waals surface area contributed by atoms with Gasteiger partial charge in [-0.25, -0.2) is 24.9 Å². The van der Waals surface area contributed by atoms with Crippen LogP contribution in [-0.2, 0) is 0 Å². The molecule has 2 heterocycles. The number of hydrogen-bond acceptors (Lipinski definition) is 5. The van der Waals surface area contributed by atoms with E-state index in [0.717, 1.165) is 39.1 Å². The topological polar surface area (TPSA) is 64.5 Å². The van der Waals surface area contributed by atoms with Crippen LogP contribution < -0.4 is 0 Å². The van der Waals surface area contributed by atoms with Gasteiger partial charge in [0.1, 0.15) is 5.69 Å². The van der Waals surface area contributed by atoms with Crippen molar-refractivity contribution in [3.8, 4) is 68.1 Å². The molecular weight excluding hydrogens is 659 g/mol. The first kappa shape index (κ1) is 31.4. The summed E-state index contributed by atoms with van der Waals surface area (Å²) < 4.78 is 0. The van der Waals surface area contributed by atoms with Crippen molar-refractivity contribution in [3.63, 3.8) is 0 Å². The van der Waals surface area contributed by atoms with E-state index in [1.165, 1.54) is 32.3 Å². The van der Waals surface area contributed by atoms with Crippen LogP contribution >= 0.6 is 0 Å². The highest BCUT2D eigenvalue weighted by Gasteiger charge is 2.17. The van der Waals surface area contributed by atoms with Crippen LogP contribution in [0, 0.1) is 0 Å². The lowest BCUT2D eigenvalue weighted by atomic mass is 9.91. The van der Waals surface area contributed by atoms with Crippen molar-refractivity contribution >= 4 is 32.3 Å². The van der Waals surface area contributed by atoms with Crippen molar-refractivity contribution in [2.75, 3.05) is 0 Å². The Morgan fingerprint density at radius 2 is 0.593 bits per heavy atom. The van der Waals surface area contributed by atoms with Crippen molar-refractivity contribution in [3.05, 3.63) is 188 Å². The first-order valence-electron chi connectivity index (χ1n) is 18.0. The minimum atomic E-state index is 0.480. The van der Waals surface area contributed by atoms with E-state index in [9.17, 15) is 0 Å². The fraction of sp³-hybridized carbons (Fsp3) is 0. The quantitative estimate of drug-likeness (QED) is 0.163. The van der Waals surface area contributed by atoms with Crippen LogP contribution in [0.4, 0.5) is 0 Å². The molecule has 0 amide bonds. The molecule has 0 radical (unpaired) electrons. The second-order valence-electron chi connectivity index (χ2n) is 13.3. The third-order valence-corrected chi connectivity index (χ3v) is 9.92. The van der Waals surface area contributed by atoms with Gasteiger partial charge in [-0.3, -0.25) is 0 Å². The monoisotopic (exact) mass is 689 g/mol. The largest absolute Gasteiger partial charge is 0.228 e. The maximum Gasteiger partial charge on any atom is 0.182 e. The lowest BCUT2D eigenvalue weighted by Crippen LogP contribution is -2.03. The van der Waals surface area contributed by atoms with Gasteiger partial charge in [0.25, 0.3) is 0 Å². The van der Waals surface area contributed by atoms with E-state index in [1.54, 1.807) is 0 Å². The first-order valence-corrected chi connectivity index (χ1v) is 18.0. The average Bonchev–Trinajstić information content (AvgIpc) is 3.27. The molecule has 10 aromatic rings. The molecular formula is C49H31N5. The van der Waals surface area contributed by atoms with Gasteiger partial charge >= 0.3 is 0 Å². The van der Waals surface area contributed by atoms with Crippen molar-refractivity contribution in [1.82, 2.24) is 24.9 Å². The van der Waals surface area contributed by atoms with Gasteiger partial charge in [0.2, 0.25) is 0 Å². The molecule has 0 aliphatic carbocycles. The van der Waals surface area contributed by atoms with Crippen molar-refractivity contribution in [2.24, 2.45) is 0 Å².